The third-order valence-electron chi connectivity index (χ3n) is 6.74. The molecule has 1 aromatic carbocycles. The zero-order valence-corrected chi connectivity index (χ0v) is 18.9. The molecule has 34 heavy (non-hydrogen) atoms. The fraction of sp³-hybridized carbons (Fsp3) is 0.269. The Kier molecular flexibility index (Phi) is 5.36. The van der Waals surface area contributed by atoms with Gasteiger partial charge in [0.15, 0.2) is 5.78 Å². The lowest BCUT2D eigenvalue weighted by Crippen LogP contribution is -2.28. The predicted molar refractivity (Wildman–Crippen MR) is 128 cm³/mol. The van der Waals surface area contributed by atoms with E-state index in [9.17, 15) is 14.4 Å². The monoisotopic (exact) mass is 456 g/mol. The number of allylic oxidation sites excluding steroid dienone is 5. The third kappa shape index (κ3) is 3.42. The van der Waals surface area contributed by atoms with Gasteiger partial charge in [0.2, 0.25) is 5.78 Å². The van der Waals surface area contributed by atoms with Gasteiger partial charge in [-0.1, -0.05) is 31.2 Å². The number of ketones is 2. The first kappa shape index (κ1) is 21.8. The second-order valence-corrected chi connectivity index (χ2v) is 8.69. The molecule has 1 aliphatic carbocycles. The number of nitrogens with two attached hydrogens (primary N) is 1. The number of hydrogen-bond donors (Lipinski definition) is 2. The topological polar surface area (TPSA) is 123 Å². The van der Waals surface area contributed by atoms with Crippen LogP contribution in [-0.4, -0.2) is 36.6 Å². The molecule has 172 valence electrons. The summed E-state index contributed by atoms with van der Waals surface area (Å²) < 4.78 is 5.05. The summed E-state index contributed by atoms with van der Waals surface area (Å²) in [5.74, 6) is -1.90. The van der Waals surface area contributed by atoms with Crippen LogP contribution in [0.15, 0.2) is 80.8 Å². The van der Waals surface area contributed by atoms with E-state index in [0.29, 0.717) is 17.0 Å². The molecule has 0 amide bonds. The van der Waals surface area contributed by atoms with Gasteiger partial charge in [0, 0.05) is 29.8 Å². The standard InChI is InChI=1S/C26H24N4O4/c1-13-16(26(33)34-2)12-28-23(24-21(13)14-6-3-4-8-18(14)29-24)19-9-5-7-15-20(31)11-10-17(27)25(32)22(15)30-19/h3-6,8-10,12-13,16,21,29H,7,11,27H2,1-2H3. The summed E-state index contributed by atoms with van der Waals surface area (Å²) in [6, 6.07) is 7.90. The van der Waals surface area contributed by atoms with E-state index in [-0.39, 0.29) is 47.8 Å². The average molecular weight is 457 g/mol. The minimum Gasteiger partial charge on any atom is -0.469 e. The van der Waals surface area contributed by atoms with Gasteiger partial charge in [0.05, 0.1) is 30.1 Å². The van der Waals surface area contributed by atoms with Gasteiger partial charge in [0.1, 0.15) is 11.4 Å². The lowest BCUT2D eigenvalue weighted by molar-refractivity contribution is -0.144. The Balaban J connectivity index is 1.70. The van der Waals surface area contributed by atoms with Crippen LogP contribution in [0.25, 0.3) is 0 Å². The van der Waals surface area contributed by atoms with Crippen molar-refractivity contribution in [3.05, 3.63) is 76.4 Å². The number of Topliss-reactive ketones (excluding diaryl/α,β-unsaturated/α-hetero) is 2. The Labute approximate surface area is 196 Å². The molecule has 0 spiro atoms. The number of carbonyl (C=O) groups excluding carboxylic acids is 3. The Hall–Kier alpha value is -4.07. The maximum atomic E-state index is 12.9. The number of rotatable bonds is 2. The van der Waals surface area contributed by atoms with Crippen molar-refractivity contribution < 1.29 is 19.1 Å². The molecule has 5 rings (SSSR count). The molecule has 3 N–H and O–H groups in total. The third-order valence-corrected chi connectivity index (χ3v) is 6.74. The number of aliphatic imine (C=N–C) groups is 2. The molecule has 0 radical (unpaired) electrons. The number of benzene rings is 1. The minimum absolute atomic E-state index is 0.00835. The molecular weight excluding hydrogens is 432 g/mol. The lowest BCUT2D eigenvalue weighted by atomic mass is 9.79. The zero-order chi connectivity index (χ0) is 24.0. The molecule has 0 aromatic heterocycles. The van der Waals surface area contributed by atoms with E-state index in [0.717, 1.165) is 16.9 Å². The first-order valence-electron chi connectivity index (χ1n) is 11.1. The minimum atomic E-state index is -0.569. The molecule has 8 heteroatoms. The van der Waals surface area contributed by atoms with Gasteiger partial charge in [-0.3, -0.25) is 19.4 Å². The van der Waals surface area contributed by atoms with E-state index in [4.69, 9.17) is 10.5 Å². The predicted octanol–water partition coefficient (Wildman–Crippen LogP) is 2.96. The van der Waals surface area contributed by atoms with Gasteiger partial charge in [-0.2, -0.15) is 0 Å². The van der Waals surface area contributed by atoms with Gasteiger partial charge in [-0.05, 0) is 36.1 Å². The summed E-state index contributed by atoms with van der Waals surface area (Å²) in [6.45, 7) is 2.00. The van der Waals surface area contributed by atoms with Gasteiger partial charge < -0.3 is 15.8 Å². The van der Waals surface area contributed by atoms with Crippen LogP contribution in [-0.2, 0) is 19.1 Å². The van der Waals surface area contributed by atoms with Gasteiger partial charge in [-0.25, -0.2) is 4.99 Å². The number of carbonyl (C=O) groups is 3. The van der Waals surface area contributed by atoms with Crippen LogP contribution in [0.5, 0.6) is 0 Å². The summed E-state index contributed by atoms with van der Waals surface area (Å²) in [6.07, 6.45) is 6.95. The summed E-state index contributed by atoms with van der Waals surface area (Å²) >= 11 is 0. The highest BCUT2D eigenvalue weighted by atomic mass is 16.5. The van der Waals surface area contributed by atoms with Crippen LogP contribution >= 0.6 is 0 Å². The van der Waals surface area contributed by atoms with Crippen molar-refractivity contribution >= 4 is 35.1 Å². The van der Waals surface area contributed by atoms with Crippen molar-refractivity contribution in [2.45, 2.75) is 25.7 Å². The average Bonchev–Trinajstić information content (AvgIpc) is 2.92. The smallest absolute Gasteiger partial charge is 0.314 e. The molecule has 3 atom stereocenters. The first-order chi connectivity index (χ1) is 16.4. The molecule has 3 unspecified atom stereocenters. The second-order valence-electron chi connectivity index (χ2n) is 8.69. The van der Waals surface area contributed by atoms with Crippen LogP contribution in [0.1, 0.15) is 31.2 Å². The molecule has 1 aromatic rings. The Morgan fingerprint density at radius 2 is 1.97 bits per heavy atom. The van der Waals surface area contributed by atoms with E-state index in [1.54, 1.807) is 18.4 Å². The van der Waals surface area contributed by atoms with Crippen molar-refractivity contribution in [3.8, 4) is 0 Å². The molecule has 0 fully saturated rings. The SMILES string of the molecule is COC(=O)C1C=NC(C2=NC3=C(CC=C2)C(=O)CC=C(N)C3=O)=C2Nc3ccccc3C2C1C. The number of nitrogens with zero attached hydrogens (tertiary/aromatic N) is 2. The highest BCUT2D eigenvalue weighted by molar-refractivity contribution is 6.20. The van der Waals surface area contributed by atoms with E-state index < -0.39 is 11.7 Å². The highest BCUT2D eigenvalue weighted by Gasteiger charge is 2.42. The van der Waals surface area contributed by atoms with Gasteiger partial charge in [0.25, 0.3) is 0 Å². The largest absolute Gasteiger partial charge is 0.469 e. The second kappa shape index (κ2) is 8.37. The summed E-state index contributed by atoms with van der Waals surface area (Å²) in [4.78, 5) is 47.5. The van der Waals surface area contributed by atoms with Crippen LogP contribution in [0.4, 0.5) is 5.69 Å². The van der Waals surface area contributed by atoms with Crippen molar-refractivity contribution in [1.29, 1.82) is 0 Å². The van der Waals surface area contributed by atoms with Crippen molar-refractivity contribution in [1.82, 2.24) is 0 Å². The number of fused-ring (bicyclic) bond motifs is 3. The van der Waals surface area contributed by atoms with Gasteiger partial charge in [-0.15, -0.1) is 0 Å². The fourth-order valence-electron chi connectivity index (χ4n) is 4.93. The number of hydrogen-bond acceptors (Lipinski definition) is 8. The van der Waals surface area contributed by atoms with Gasteiger partial charge >= 0.3 is 5.97 Å². The molecule has 0 saturated heterocycles. The molecule has 3 aliphatic heterocycles. The van der Waals surface area contributed by atoms with E-state index >= 15 is 0 Å². The quantitative estimate of drug-likeness (QED) is 0.660. The summed E-state index contributed by atoms with van der Waals surface area (Å²) in [7, 11) is 1.36. The van der Waals surface area contributed by atoms with Crippen LogP contribution < -0.4 is 11.1 Å². The number of para-hydroxylation sites is 1. The maximum Gasteiger partial charge on any atom is 0.314 e. The van der Waals surface area contributed by atoms with Crippen LogP contribution in [0.3, 0.4) is 0 Å². The Morgan fingerprint density at radius 3 is 2.76 bits per heavy atom. The summed E-state index contributed by atoms with van der Waals surface area (Å²) in [5, 5.41) is 3.46. The van der Waals surface area contributed by atoms with Crippen LogP contribution in [0.2, 0.25) is 0 Å². The van der Waals surface area contributed by atoms with E-state index in [1.807, 2.05) is 31.2 Å². The van der Waals surface area contributed by atoms with E-state index in [1.165, 1.54) is 13.2 Å². The lowest BCUT2D eigenvalue weighted by Gasteiger charge is -2.24. The van der Waals surface area contributed by atoms with Crippen molar-refractivity contribution in [2.75, 3.05) is 12.4 Å². The molecule has 3 heterocycles. The zero-order valence-electron chi connectivity index (χ0n) is 18.9. The Bertz CT molecular complexity index is 1310. The number of anilines is 1. The normalized spacial score (nSPS) is 25.9. The molecule has 0 saturated carbocycles. The van der Waals surface area contributed by atoms with E-state index in [2.05, 4.69) is 15.3 Å². The highest BCUT2D eigenvalue weighted by Crippen LogP contribution is 2.48. The molecule has 0 bridgehead atoms. The van der Waals surface area contributed by atoms with Crippen molar-refractivity contribution in [3.63, 3.8) is 0 Å². The number of nitrogens with one attached hydrogen (secondary N) is 1. The Morgan fingerprint density at radius 1 is 1.18 bits per heavy atom. The van der Waals surface area contributed by atoms with Crippen LogP contribution in [0, 0.1) is 11.8 Å². The molecule has 8 nitrogen and oxygen atoms in total. The molecular formula is C26H24N4O4. The summed E-state index contributed by atoms with van der Waals surface area (Å²) in [5.41, 5.74) is 10.0. The maximum absolute atomic E-state index is 12.9. The van der Waals surface area contributed by atoms with Crippen molar-refractivity contribution in [2.24, 2.45) is 27.6 Å². The number of ether oxygens (including phenoxy) is 1. The molecule has 4 aliphatic rings. The number of methoxy groups -OCH3 is 1. The first-order valence-corrected chi connectivity index (χ1v) is 11.1. The number of esters is 1. The fourth-order valence-corrected chi connectivity index (χ4v) is 4.93.